The van der Waals surface area contributed by atoms with E-state index in [1.807, 2.05) is 56.5 Å². The number of nitrogens with zero attached hydrogens (tertiary/aromatic N) is 3. The van der Waals surface area contributed by atoms with Crippen LogP contribution < -0.4 is 5.32 Å². The van der Waals surface area contributed by atoms with Gasteiger partial charge < -0.3 is 14.4 Å². The summed E-state index contributed by atoms with van der Waals surface area (Å²) < 4.78 is 7.05. The van der Waals surface area contributed by atoms with Gasteiger partial charge in [0, 0.05) is 23.4 Å². The highest BCUT2D eigenvalue weighted by Crippen LogP contribution is 2.25. The van der Waals surface area contributed by atoms with Crippen LogP contribution in [-0.2, 0) is 5.54 Å². The number of nitriles is 1. The third-order valence-electron chi connectivity index (χ3n) is 3.99. The number of hydrogen-bond acceptors (Lipinski definition) is 4. The van der Waals surface area contributed by atoms with Crippen molar-refractivity contribution in [1.82, 2.24) is 9.72 Å². The zero-order chi connectivity index (χ0) is 18.9. The van der Waals surface area contributed by atoms with Gasteiger partial charge in [-0.1, -0.05) is 35.0 Å². The Hall–Kier alpha value is -3.33. The molecule has 0 unspecified atom stereocenters. The number of carbonyl (C=O) groups excluding carboxylic acids is 1. The van der Waals surface area contributed by atoms with Gasteiger partial charge in [-0.15, -0.1) is 0 Å². The molecule has 132 valence electrons. The van der Waals surface area contributed by atoms with Crippen LogP contribution in [-0.4, -0.2) is 15.6 Å². The van der Waals surface area contributed by atoms with Crippen LogP contribution in [0, 0.1) is 18.3 Å². The number of rotatable bonds is 3. The smallest absolute Gasteiger partial charge is 0.295 e. The molecule has 0 aliphatic carbocycles. The van der Waals surface area contributed by atoms with Crippen molar-refractivity contribution < 1.29 is 9.32 Å². The van der Waals surface area contributed by atoms with Crippen LogP contribution in [0.1, 0.15) is 42.5 Å². The molecule has 0 saturated carbocycles. The van der Waals surface area contributed by atoms with Crippen LogP contribution in [0.4, 0.5) is 5.82 Å². The summed E-state index contributed by atoms with van der Waals surface area (Å²) in [4.78, 5) is 12.5. The lowest BCUT2D eigenvalue weighted by atomic mass is 10.1. The Bertz CT molecular complexity index is 982. The van der Waals surface area contributed by atoms with E-state index in [2.05, 4.69) is 16.5 Å². The quantitative estimate of drug-likeness (QED) is 0.763. The molecule has 1 N–H and O–H groups in total. The van der Waals surface area contributed by atoms with Gasteiger partial charge in [-0.05, 0) is 33.8 Å². The molecular weight excluding hydrogens is 328 g/mol. The van der Waals surface area contributed by atoms with Gasteiger partial charge >= 0.3 is 0 Å². The molecule has 26 heavy (non-hydrogen) atoms. The summed E-state index contributed by atoms with van der Waals surface area (Å²) in [6.07, 6.45) is 1.72. The fourth-order valence-electron chi connectivity index (χ4n) is 2.60. The van der Waals surface area contributed by atoms with Crippen molar-refractivity contribution >= 4 is 11.7 Å². The van der Waals surface area contributed by atoms with Gasteiger partial charge in [0.25, 0.3) is 5.91 Å². The second-order valence-corrected chi connectivity index (χ2v) is 7.16. The van der Waals surface area contributed by atoms with Crippen LogP contribution in [0.15, 0.2) is 47.1 Å². The first-order valence-electron chi connectivity index (χ1n) is 8.26. The molecule has 0 spiro atoms. The van der Waals surface area contributed by atoms with Crippen LogP contribution in [0.25, 0.3) is 11.3 Å². The van der Waals surface area contributed by atoms with Crippen molar-refractivity contribution in [1.29, 1.82) is 5.26 Å². The summed E-state index contributed by atoms with van der Waals surface area (Å²) in [6.45, 7) is 7.99. The molecule has 0 aliphatic heterocycles. The first-order chi connectivity index (χ1) is 12.3. The number of aromatic nitrogens is 2. The number of amides is 1. The summed E-state index contributed by atoms with van der Waals surface area (Å²) in [5, 5.41) is 15.9. The molecule has 0 bridgehead atoms. The van der Waals surface area contributed by atoms with E-state index in [0.717, 1.165) is 11.1 Å². The first-order valence-corrected chi connectivity index (χ1v) is 8.26. The second kappa shape index (κ2) is 6.52. The predicted molar refractivity (Wildman–Crippen MR) is 98.8 cm³/mol. The van der Waals surface area contributed by atoms with Gasteiger partial charge in [0.15, 0.2) is 0 Å². The Balaban J connectivity index is 1.85. The van der Waals surface area contributed by atoms with Crippen molar-refractivity contribution in [3.63, 3.8) is 0 Å². The van der Waals surface area contributed by atoms with E-state index < -0.39 is 5.91 Å². The lowest BCUT2D eigenvalue weighted by Crippen LogP contribution is -2.24. The van der Waals surface area contributed by atoms with Crippen molar-refractivity contribution in [2.24, 2.45) is 0 Å². The number of aryl methyl sites for hydroxylation is 1. The average molecular weight is 348 g/mol. The number of benzene rings is 1. The Morgan fingerprint density at radius 1 is 1.23 bits per heavy atom. The number of anilines is 1. The minimum absolute atomic E-state index is 0.112. The van der Waals surface area contributed by atoms with E-state index in [9.17, 15) is 4.79 Å². The zero-order valence-electron chi connectivity index (χ0n) is 15.2. The van der Waals surface area contributed by atoms with Gasteiger partial charge in [-0.2, -0.15) is 5.26 Å². The maximum atomic E-state index is 12.5. The molecule has 3 aromatic rings. The number of carbonyl (C=O) groups is 1. The summed E-state index contributed by atoms with van der Waals surface area (Å²) in [6, 6.07) is 13.2. The van der Waals surface area contributed by atoms with E-state index in [-0.39, 0.29) is 11.3 Å². The van der Waals surface area contributed by atoms with E-state index in [1.165, 1.54) is 0 Å². The molecule has 0 fully saturated rings. The minimum Gasteiger partial charge on any atom is -0.350 e. The molecule has 2 aromatic heterocycles. The molecule has 3 rings (SSSR count). The third kappa shape index (κ3) is 3.52. The van der Waals surface area contributed by atoms with Crippen molar-refractivity contribution in [3.8, 4) is 17.3 Å². The lowest BCUT2D eigenvalue weighted by Gasteiger charge is -2.24. The fraction of sp³-hybridized carbons (Fsp3) is 0.250. The molecule has 6 nitrogen and oxygen atoms in total. The number of nitrogens with one attached hydrogen (secondary N) is 1. The molecule has 0 aliphatic rings. The first kappa shape index (κ1) is 17.5. The molecule has 0 atom stereocenters. The molecular formula is C20H20N4O2. The van der Waals surface area contributed by atoms with Gasteiger partial charge in [0.2, 0.25) is 5.76 Å². The van der Waals surface area contributed by atoms with Crippen LogP contribution >= 0.6 is 0 Å². The van der Waals surface area contributed by atoms with Crippen LogP contribution in [0.5, 0.6) is 0 Å². The SMILES string of the molecule is Cc1ccc(-c2cc(C(=O)Nc3cc(C#N)cn3C(C)(C)C)on2)cc1. The Labute approximate surface area is 152 Å². The zero-order valence-corrected chi connectivity index (χ0v) is 15.2. The normalized spacial score (nSPS) is 11.2. The van der Waals surface area contributed by atoms with E-state index in [4.69, 9.17) is 9.78 Å². The van der Waals surface area contributed by atoms with E-state index in [0.29, 0.717) is 17.1 Å². The summed E-state index contributed by atoms with van der Waals surface area (Å²) >= 11 is 0. The molecule has 6 heteroatoms. The van der Waals surface area contributed by atoms with Crippen LogP contribution in [0.2, 0.25) is 0 Å². The second-order valence-electron chi connectivity index (χ2n) is 7.16. The molecule has 1 amide bonds. The number of hydrogen-bond donors (Lipinski definition) is 1. The molecule has 2 heterocycles. The molecule has 0 radical (unpaired) electrons. The molecule has 0 saturated heterocycles. The summed E-state index contributed by atoms with van der Waals surface area (Å²) in [7, 11) is 0. The minimum atomic E-state index is -0.413. The Kier molecular flexibility index (Phi) is 4.39. The molecule has 1 aromatic carbocycles. The van der Waals surface area contributed by atoms with E-state index in [1.54, 1.807) is 18.3 Å². The largest absolute Gasteiger partial charge is 0.350 e. The van der Waals surface area contributed by atoms with Crippen molar-refractivity contribution in [2.45, 2.75) is 33.2 Å². The Morgan fingerprint density at radius 2 is 1.92 bits per heavy atom. The van der Waals surface area contributed by atoms with E-state index >= 15 is 0 Å². The van der Waals surface area contributed by atoms with Gasteiger partial charge in [-0.3, -0.25) is 4.79 Å². The topological polar surface area (TPSA) is 83.9 Å². The van der Waals surface area contributed by atoms with Crippen LogP contribution in [0.3, 0.4) is 0 Å². The third-order valence-corrected chi connectivity index (χ3v) is 3.99. The monoisotopic (exact) mass is 348 g/mol. The average Bonchev–Trinajstić information content (AvgIpc) is 3.22. The van der Waals surface area contributed by atoms with Crippen molar-refractivity contribution in [3.05, 3.63) is 59.5 Å². The standard InChI is InChI=1S/C20H20N4O2/c1-13-5-7-15(8-6-13)16-10-17(26-23-16)19(25)22-18-9-14(11-21)12-24(18)20(2,3)4/h5-10,12H,1-4H3,(H,22,25). The van der Waals surface area contributed by atoms with Gasteiger partial charge in [-0.25, -0.2) is 0 Å². The maximum absolute atomic E-state index is 12.5. The summed E-state index contributed by atoms with van der Waals surface area (Å²) in [5.41, 5.74) is 2.81. The fourth-order valence-corrected chi connectivity index (χ4v) is 2.60. The van der Waals surface area contributed by atoms with Gasteiger partial charge in [0.1, 0.15) is 17.6 Å². The highest BCUT2D eigenvalue weighted by atomic mass is 16.5. The highest BCUT2D eigenvalue weighted by Gasteiger charge is 2.21. The predicted octanol–water partition coefficient (Wildman–Crippen LogP) is 4.33. The Morgan fingerprint density at radius 3 is 2.54 bits per heavy atom. The van der Waals surface area contributed by atoms with Crippen molar-refractivity contribution in [2.75, 3.05) is 5.32 Å². The summed E-state index contributed by atoms with van der Waals surface area (Å²) in [5.74, 6) is 0.233. The van der Waals surface area contributed by atoms with Gasteiger partial charge in [0.05, 0.1) is 5.56 Å². The lowest BCUT2D eigenvalue weighted by molar-refractivity contribution is 0.0987. The maximum Gasteiger partial charge on any atom is 0.295 e. The highest BCUT2D eigenvalue weighted by molar-refractivity contribution is 6.02.